The molecule has 0 aliphatic rings. The molecule has 0 spiro atoms. The van der Waals surface area contributed by atoms with Crippen LogP contribution in [0.4, 0.5) is 5.69 Å². The lowest BCUT2D eigenvalue weighted by atomic mass is 10.0. The van der Waals surface area contributed by atoms with Crippen molar-refractivity contribution in [2.45, 2.75) is 6.92 Å². The van der Waals surface area contributed by atoms with E-state index in [1.807, 2.05) is 0 Å². The summed E-state index contributed by atoms with van der Waals surface area (Å²) in [5.74, 6) is -0.854. The van der Waals surface area contributed by atoms with Crippen LogP contribution in [0.5, 0.6) is 5.75 Å². The minimum Gasteiger partial charge on any atom is -0.507 e. The number of rotatable bonds is 3. The predicted molar refractivity (Wildman–Crippen MR) is 81.4 cm³/mol. The van der Waals surface area contributed by atoms with Crippen LogP contribution in [0.2, 0.25) is 0 Å². The Hall–Kier alpha value is -3.29. The molecule has 1 N–H and O–H groups in total. The van der Waals surface area contributed by atoms with E-state index in [0.29, 0.717) is 16.7 Å². The van der Waals surface area contributed by atoms with E-state index in [-0.39, 0.29) is 22.6 Å². The Kier molecular flexibility index (Phi) is 3.29. The largest absolute Gasteiger partial charge is 0.507 e. The number of pyridine rings is 1. The first-order valence-corrected chi connectivity index (χ1v) is 6.70. The minimum absolute atomic E-state index is 0.137. The van der Waals surface area contributed by atoms with E-state index >= 15 is 0 Å². The maximum Gasteiger partial charge on any atom is 0.270 e. The molecule has 2 aromatic heterocycles. The molecule has 0 bridgehead atoms. The van der Waals surface area contributed by atoms with Gasteiger partial charge in [0.05, 0.1) is 16.2 Å². The van der Waals surface area contributed by atoms with E-state index in [9.17, 15) is 20.0 Å². The van der Waals surface area contributed by atoms with E-state index in [1.165, 1.54) is 6.20 Å². The van der Waals surface area contributed by atoms with Gasteiger partial charge >= 0.3 is 0 Å². The average Bonchev–Trinajstić information content (AvgIpc) is 2.81. The number of phenolic OH excluding ortho intramolecular Hbond substituents is 1. The fourth-order valence-corrected chi connectivity index (χ4v) is 2.41. The molecular formula is C15H12N4O4. The topological polar surface area (TPSA) is 111 Å². The van der Waals surface area contributed by atoms with Gasteiger partial charge in [-0.15, -0.1) is 0 Å². The van der Waals surface area contributed by atoms with Crippen LogP contribution < -0.4 is 0 Å². The lowest BCUT2D eigenvalue weighted by Crippen LogP contribution is -2.04. The zero-order valence-corrected chi connectivity index (χ0v) is 12.3. The minimum atomic E-state index is -0.622. The van der Waals surface area contributed by atoms with Crippen molar-refractivity contribution in [2.24, 2.45) is 7.05 Å². The number of aromatic hydroxyl groups is 1. The number of hydrogen-bond acceptors (Lipinski definition) is 6. The van der Waals surface area contributed by atoms with E-state index < -0.39 is 10.7 Å². The van der Waals surface area contributed by atoms with Gasteiger partial charge in [-0.2, -0.15) is 5.10 Å². The van der Waals surface area contributed by atoms with Crippen LogP contribution in [0.15, 0.2) is 30.5 Å². The van der Waals surface area contributed by atoms with Crippen LogP contribution in [-0.2, 0) is 7.05 Å². The summed E-state index contributed by atoms with van der Waals surface area (Å²) in [5, 5.41) is 25.6. The summed E-state index contributed by atoms with van der Waals surface area (Å²) in [6, 6.07) is 4.94. The predicted octanol–water partition coefficient (Wildman–Crippen LogP) is 2.12. The van der Waals surface area contributed by atoms with Gasteiger partial charge in [-0.05, 0) is 19.1 Å². The molecule has 0 amide bonds. The molecular weight excluding hydrogens is 300 g/mol. The summed E-state index contributed by atoms with van der Waals surface area (Å²) in [4.78, 5) is 27.0. The highest BCUT2D eigenvalue weighted by molar-refractivity contribution is 6.12. The number of benzene rings is 1. The van der Waals surface area contributed by atoms with Crippen molar-refractivity contribution in [3.8, 4) is 5.75 Å². The molecule has 0 unspecified atom stereocenters. The molecule has 0 saturated heterocycles. The number of hydrogen-bond donors (Lipinski definition) is 1. The second-order valence-electron chi connectivity index (χ2n) is 5.09. The second kappa shape index (κ2) is 5.16. The summed E-state index contributed by atoms with van der Waals surface area (Å²) >= 11 is 0. The molecule has 23 heavy (non-hydrogen) atoms. The summed E-state index contributed by atoms with van der Waals surface area (Å²) in [5.41, 5.74) is 1.17. The smallest absolute Gasteiger partial charge is 0.270 e. The fraction of sp³-hybridized carbons (Fsp3) is 0.133. The average molecular weight is 312 g/mol. The third-order valence-electron chi connectivity index (χ3n) is 3.56. The lowest BCUT2D eigenvalue weighted by molar-refractivity contribution is -0.384. The molecule has 0 aliphatic carbocycles. The number of fused-ring (bicyclic) bond motifs is 1. The van der Waals surface area contributed by atoms with Crippen LogP contribution in [0.3, 0.4) is 0 Å². The SMILES string of the molecule is Cc1nn(C)c2ncc(C(=O)c3cc([N+](=O)[O-])ccc3O)cc12. The first-order valence-electron chi connectivity index (χ1n) is 6.70. The number of non-ortho nitro benzene ring substituents is 1. The molecule has 116 valence electrons. The Morgan fingerprint density at radius 2 is 2.09 bits per heavy atom. The molecule has 3 rings (SSSR count). The molecule has 0 fully saturated rings. The summed E-state index contributed by atoms with van der Waals surface area (Å²) in [6.45, 7) is 1.79. The van der Waals surface area contributed by atoms with Crippen molar-refractivity contribution < 1.29 is 14.8 Å². The van der Waals surface area contributed by atoms with Crippen molar-refractivity contribution in [1.82, 2.24) is 14.8 Å². The number of carbonyl (C=O) groups excluding carboxylic acids is 1. The van der Waals surface area contributed by atoms with Crippen molar-refractivity contribution in [3.05, 3.63) is 57.4 Å². The van der Waals surface area contributed by atoms with Gasteiger partial charge in [0.25, 0.3) is 5.69 Å². The van der Waals surface area contributed by atoms with Gasteiger partial charge in [-0.25, -0.2) is 4.98 Å². The number of aromatic nitrogens is 3. The molecule has 0 atom stereocenters. The Bertz CT molecular complexity index is 962. The monoisotopic (exact) mass is 312 g/mol. The zero-order valence-electron chi connectivity index (χ0n) is 12.3. The third kappa shape index (κ3) is 2.39. The molecule has 1 aromatic carbocycles. The molecule has 8 nitrogen and oxygen atoms in total. The zero-order chi connectivity index (χ0) is 16.7. The Balaban J connectivity index is 2.12. The number of carbonyl (C=O) groups is 1. The highest BCUT2D eigenvalue weighted by Crippen LogP contribution is 2.26. The number of nitro benzene ring substituents is 1. The highest BCUT2D eigenvalue weighted by atomic mass is 16.6. The van der Waals surface area contributed by atoms with E-state index in [1.54, 1.807) is 24.7 Å². The van der Waals surface area contributed by atoms with Crippen LogP contribution in [0, 0.1) is 17.0 Å². The van der Waals surface area contributed by atoms with Gasteiger partial charge in [0.1, 0.15) is 5.75 Å². The van der Waals surface area contributed by atoms with Crippen molar-refractivity contribution >= 4 is 22.5 Å². The molecule has 0 aliphatic heterocycles. The summed E-state index contributed by atoms with van der Waals surface area (Å²) in [6.07, 6.45) is 1.37. The van der Waals surface area contributed by atoms with E-state index in [2.05, 4.69) is 10.1 Å². The normalized spacial score (nSPS) is 10.9. The number of nitrogens with zero attached hydrogens (tertiary/aromatic N) is 4. The molecule has 0 saturated carbocycles. The van der Waals surface area contributed by atoms with Crippen LogP contribution in [0.25, 0.3) is 11.0 Å². The number of phenols is 1. The van der Waals surface area contributed by atoms with Crippen LogP contribution >= 0.6 is 0 Å². The molecule has 3 aromatic rings. The Morgan fingerprint density at radius 3 is 2.78 bits per heavy atom. The van der Waals surface area contributed by atoms with Crippen molar-refractivity contribution in [1.29, 1.82) is 0 Å². The van der Waals surface area contributed by atoms with Crippen molar-refractivity contribution in [3.63, 3.8) is 0 Å². The molecule has 2 heterocycles. The molecule has 0 radical (unpaired) electrons. The number of aryl methyl sites for hydroxylation is 2. The van der Waals surface area contributed by atoms with Gasteiger partial charge in [0.15, 0.2) is 11.4 Å². The first-order chi connectivity index (χ1) is 10.9. The van der Waals surface area contributed by atoms with Gasteiger partial charge in [0.2, 0.25) is 0 Å². The fourth-order valence-electron chi connectivity index (χ4n) is 2.41. The highest BCUT2D eigenvalue weighted by Gasteiger charge is 2.19. The summed E-state index contributed by atoms with van der Waals surface area (Å²) < 4.78 is 1.60. The van der Waals surface area contributed by atoms with Gasteiger partial charge < -0.3 is 5.11 Å². The van der Waals surface area contributed by atoms with E-state index in [4.69, 9.17) is 0 Å². The third-order valence-corrected chi connectivity index (χ3v) is 3.56. The standard InChI is InChI=1S/C15H12N4O4/c1-8-11-5-9(7-16-15(11)18(2)17-8)14(21)12-6-10(19(22)23)3-4-13(12)20/h3-7,20H,1-2H3. The number of nitro groups is 1. The first kappa shape index (κ1) is 14.6. The lowest BCUT2D eigenvalue weighted by Gasteiger charge is -2.04. The second-order valence-corrected chi connectivity index (χ2v) is 5.09. The van der Waals surface area contributed by atoms with Crippen LogP contribution in [0.1, 0.15) is 21.6 Å². The van der Waals surface area contributed by atoms with Crippen LogP contribution in [-0.4, -0.2) is 30.6 Å². The Labute approximate surface area is 130 Å². The molecule has 8 heteroatoms. The van der Waals surface area contributed by atoms with Gasteiger partial charge in [0, 0.05) is 36.3 Å². The quantitative estimate of drug-likeness (QED) is 0.450. The maximum atomic E-state index is 12.6. The van der Waals surface area contributed by atoms with Gasteiger partial charge in [-0.1, -0.05) is 0 Å². The van der Waals surface area contributed by atoms with Gasteiger partial charge in [-0.3, -0.25) is 19.6 Å². The summed E-state index contributed by atoms with van der Waals surface area (Å²) in [7, 11) is 1.75. The van der Waals surface area contributed by atoms with Crippen molar-refractivity contribution in [2.75, 3.05) is 0 Å². The number of ketones is 1. The van der Waals surface area contributed by atoms with E-state index in [0.717, 1.165) is 18.2 Å². The maximum absolute atomic E-state index is 12.6. The Morgan fingerprint density at radius 1 is 1.35 bits per heavy atom.